The van der Waals surface area contributed by atoms with E-state index in [1.165, 1.54) is 30.6 Å². The van der Waals surface area contributed by atoms with Crippen LogP contribution in [0.25, 0.3) is 21.3 Å². The second kappa shape index (κ2) is 4.47. The Labute approximate surface area is 111 Å². The summed E-state index contributed by atoms with van der Waals surface area (Å²) >= 11 is 1.34. The molecule has 0 aliphatic heterocycles. The molecular formula is C13H9FN2O2S. The highest BCUT2D eigenvalue weighted by Gasteiger charge is 2.14. The van der Waals surface area contributed by atoms with E-state index in [2.05, 4.69) is 10.2 Å². The predicted molar refractivity (Wildman–Crippen MR) is 72.2 cm³/mol. The van der Waals surface area contributed by atoms with Crippen LogP contribution >= 0.6 is 11.3 Å². The monoisotopic (exact) mass is 276 g/mol. The maximum atomic E-state index is 13.2. The first-order valence-corrected chi connectivity index (χ1v) is 6.38. The minimum absolute atomic E-state index is 0.227. The summed E-state index contributed by atoms with van der Waals surface area (Å²) in [5.41, 5.74) is 0.992. The number of methoxy groups -OCH3 is 1. The molecule has 3 rings (SSSR count). The summed E-state index contributed by atoms with van der Waals surface area (Å²) in [5, 5.41) is 9.06. The van der Waals surface area contributed by atoms with Gasteiger partial charge in [0.25, 0.3) is 5.56 Å². The van der Waals surface area contributed by atoms with Crippen LogP contribution in [0.5, 0.6) is 5.75 Å². The van der Waals surface area contributed by atoms with E-state index in [4.69, 9.17) is 4.74 Å². The number of rotatable bonds is 2. The first-order valence-electron chi connectivity index (χ1n) is 5.50. The Morgan fingerprint density at radius 1 is 1.37 bits per heavy atom. The third kappa shape index (κ3) is 1.90. The van der Waals surface area contributed by atoms with Crippen molar-refractivity contribution in [3.8, 4) is 17.0 Å². The van der Waals surface area contributed by atoms with Crippen LogP contribution in [0, 0.1) is 5.82 Å². The third-order valence-electron chi connectivity index (χ3n) is 2.81. The molecule has 0 saturated carbocycles. The van der Waals surface area contributed by atoms with Crippen LogP contribution in [-0.4, -0.2) is 17.3 Å². The Morgan fingerprint density at radius 2 is 2.21 bits per heavy atom. The molecular weight excluding hydrogens is 267 g/mol. The van der Waals surface area contributed by atoms with E-state index in [-0.39, 0.29) is 11.4 Å². The fourth-order valence-corrected chi connectivity index (χ4v) is 2.74. The Kier molecular flexibility index (Phi) is 2.79. The van der Waals surface area contributed by atoms with Gasteiger partial charge in [-0.1, -0.05) is 0 Å². The van der Waals surface area contributed by atoms with Gasteiger partial charge in [0.15, 0.2) is 0 Å². The number of H-pyrrole nitrogens is 1. The summed E-state index contributed by atoms with van der Waals surface area (Å²) in [6, 6.07) is 6.04. The van der Waals surface area contributed by atoms with E-state index >= 15 is 0 Å². The van der Waals surface area contributed by atoms with E-state index in [9.17, 15) is 9.18 Å². The highest BCUT2D eigenvalue weighted by molar-refractivity contribution is 7.17. The average molecular weight is 276 g/mol. The van der Waals surface area contributed by atoms with E-state index in [0.29, 0.717) is 21.7 Å². The molecule has 0 aliphatic rings. The van der Waals surface area contributed by atoms with E-state index in [0.717, 1.165) is 5.39 Å². The zero-order valence-corrected chi connectivity index (χ0v) is 10.8. The van der Waals surface area contributed by atoms with Gasteiger partial charge in [-0.25, -0.2) is 9.49 Å². The molecule has 0 aliphatic carbocycles. The number of ether oxygens (including phenoxy) is 1. The molecule has 0 bridgehead atoms. The van der Waals surface area contributed by atoms with Crippen LogP contribution in [0.4, 0.5) is 4.39 Å². The lowest BCUT2D eigenvalue weighted by Crippen LogP contribution is -2.07. The van der Waals surface area contributed by atoms with Crippen molar-refractivity contribution in [3.63, 3.8) is 0 Å². The summed E-state index contributed by atoms with van der Waals surface area (Å²) in [6.45, 7) is 0. The quantitative estimate of drug-likeness (QED) is 0.783. The molecule has 0 fully saturated rings. The number of aromatic amines is 1. The predicted octanol–water partition coefficient (Wildman–Crippen LogP) is 2.80. The summed E-state index contributed by atoms with van der Waals surface area (Å²) in [5.74, 6) is -0.00126. The molecule has 0 atom stereocenters. The van der Waals surface area contributed by atoms with Crippen LogP contribution in [0.15, 0.2) is 34.4 Å². The van der Waals surface area contributed by atoms with Crippen molar-refractivity contribution >= 4 is 21.4 Å². The Bertz CT molecular complexity index is 810. The highest BCUT2D eigenvalue weighted by atomic mass is 32.1. The van der Waals surface area contributed by atoms with Crippen LogP contribution in [0.3, 0.4) is 0 Å². The molecule has 1 aromatic carbocycles. The molecule has 1 N–H and O–H groups in total. The van der Waals surface area contributed by atoms with Gasteiger partial charge in [0.2, 0.25) is 0 Å². The Morgan fingerprint density at radius 3 is 3.00 bits per heavy atom. The summed E-state index contributed by atoms with van der Waals surface area (Å²) < 4.78 is 19.0. The summed E-state index contributed by atoms with van der Waals surface area (Å²) in [4.78, 5) is 11.6. The highest BCUT2D eigenvalue weighted by Crippen LogP contribution is 2.33. The maximum absolute atomic E-state index is 13.2. The number of nitrogens with zero attached hydrogens (tertiary/aromatic N) is 1. The number of hydrogen-bond donors (Lipinski definition) is 1. The first-order chi connectivity index (χ1) is 9.20. The molecule has 0 saturated heterocycles. The molecule has 4 nitrogen and oxygen atoms in total. The summed E-state index contributed by atoms with van der Waals surface area (Å²) in [7, 11) is 1.47. The normalized spacial score (nSPS) is 10.8. The lowest BCUT2D eigenvalue weighted by molar-refractivity contribution is 0.413. The molecule has 2 heterocycles. The molecule has 0 radical (unpaired) electrons. The number of hydrogen-bond acceptors (Lipinski definition) is 4. The zero-order valence-electron chi connectivity index (χ0n) is 9.94. The van der Waals surface area contributed by atoms with Crippen LogP contribution in [0.2, 0.25) is 0 Å². The van der Waals surface area contributed by atoms with E-state index < -0.39 is 0 Å². The lowest BCUT2D eigenvalue weighted by Gasteiger charge is -2.08. The van der Waals surface area contributed by atoms with Gasteiger partial charge in [0.05, 0.1) is 7.11 Å². The number of nitrogens with one attached hydrogen (secondary N) is 1. The molecule has 3 aromatic rings. The van der Waals surface area contributed by atoms with Gasteiger partial charge < -0.3 is 4.74 Å². The fourth-order valence-electron chi connectivity index (χ4n) is 1.96. The van der Waals surface area contributed by atoms with Crippen molar-refractivity contribution in [1.29, 1.82) is 0 Å². The number of fused-ring (bicyclic) bond motifs is 1. The lowest BCUT2D eigenvalue weighted by atomic mass is 10.1. The van der Waals surface area contributed by atoms with Gasteiger partial charge in [0, 0.05) is 17.0 Å². The van der Waals surface area contributed by atoms with Crippen molar-refractivity contribution in [2.45, 2.75) is 0 Å². The molecule has 96 valence electrons. The van der Waals surface area contributed by atoms with Crippen molar-refractivity contribution < 1.29 is 9.13 Å². The minimum Gasteiger partial charge on any atom is -0.496 e. The number of aromatic nitrogens is 2. The van der Waals surface area contributed by atoms with Crippen molar-refractivity contribution in [1.82, 2.24) is 10.2 Å². The van der Waals surface area contributed by atoms with E-state index in [1.54, 1.807) is 6.07 Å². The first kappa shape index (κ1) is 11.9. The molecule has 0 spiro atoms. The maximum Gasteiger partial charge on any atom is 0.282 e. The van der Waals surface area contributed by atoms with Gasteiger partial charge in [-0.2, -0.15) is 5.10 Å². The van der Waals surface area contributed by atoms with Gasteiger partial charge in [0.1, 0.15) is 22.0 Å². The summed E-state index contributed by atoms with van der Waals surface area (Å²) in [6.07, 6.45) is 0. The zero-order chi connectivity index (χ0) is 13.4. The number of halogens is 1. The third-order valence-corrected chi connectivity index (χ3v) is 3.73. The van der Waals surface area contributed by atoms with Gasteiger partial charge in [-0.3, -0.25) is 4.79 Å². The number of benzene rings is 1. The number of thiophene rings is 1. The second-order valence-corrected chi connectivity index (χ2v) is 4.83. The molecule has 19 heavy (non-hydrogen) atoms. The van der Waals surface area contributed by atoms with Gasteiger partial charge in [-0.05, 0) is 23.6 Å². The smallest absolute Gasteiger partial charge is 0.282 e. The van der Waals surface area contributed by atoms with Crippen LogP contribution < -0.4 is 10.3 Å². The Hall–Kier alpha value is -2.21. The Balaban J connectivity index is 2.33. The molecule has 6 heteroatoms. The van der Waals surface area contributed by atoms with Crippen LogP contribution in [0.1, 0.15) is 0 Å². The van der Waals surface area contributed by atoms with Crippen molar-refractivity contribution in [2.24, 2.45) is 0 Å². The van der Waals surface area contributed by atoms with Gasteiger partial charge in [-0.15, -0.1) is 11.3 Å². The SMILES string of the molecule is COc1cc(F)ccc1-c1n[nH]c(=O)c2sccc12. The van der Waals surface area contributed by atoms with Crippen molar-refractivity contribution in [3.05, 3.63) is 45.8 Å². The fraction of sp³-hybridized carbons (Fsp3) is 0.0769. The van der Waals surface area contributed by atoms with Crippen molar-refractivity contribution in [2.75, 3.05) is 7.11 Å². The average Bonchev–Trinajstić information content (AvgIpc) is 2.90. The standard InChI is InChI=1S/C13H9FN2O2S/c1-18-10-6-7(14)2-3-8(10)11-9-4-5-19-12(9)13(17)16-15-11/h2-6H,1H3,(H,16,17). The molecule has 0 amide bonds. The van der Waals surface area contributed by atoms with Gasteiger partial charge >= 0.3 is 0 Å². The second-order valence-electron chi connectivity index (χ2n) is 3.91. The van der Waals surface area contributed by atoms with E-state index in [1.807, 2.05) is 11.4 Å². The largest absolute Gasteiger partial charge is 0.496 e. The molecule has 2 aromatic heterocycles. The topological polar surface area (TPSA) is 55.0 Å². The molecule has 0 unspecified atom stereocenters. The minimum atomic E-state index is -0.383. The van der Waals surface area contributed by atoms with Crippen LogP contribution in [-0.2, 0) is 0 Å².